The molecule has 1 aromatic heterocycles. The second-order valence-electron chi connectivity index (χ2n) is 2.56. The maximum atomic E-state index is 5.40. The van der Waals surface area contributed by atoms with Crippen LogP contribution in [0.4, 0.5) is 0 Å². The Morgan fingerprint density at radius 2 is 2.58 bits per heavy atom. The van der Waals surface area contributed by atoms with Crippen molar-refractivity contribution < 1.29 is 4.42 Å². The van der Waals surface area contributed by atoms with Gasteiger partial charge in [0, 0.05) is 11.6 Å². The zero-order chi connectivity index (χ0) is 8.81. The molecule has 4 heteroatoms. The van der Waals surface area contributed by atoms with Crippen LogP contribution in [0.3, 0.4) is 0 Å². The minimum Gasteiger partial charge on any atom is -0.472 e. The van der Waals surface area contributed by atoms with Gasteiger partial charge in [-0.15, -0.1) is 0 Å². The molecule has 1 heterocycles. The molecule has 0 aliphatic rings. The number of thioether (sulfide) groups is 1. The third-order valence-corrected chi connectivity index (χ3v) is 2.40. The van der Waals surface area contributed by atoms with E-state index in [2.05, 4.69) is 11.7 Å². The van der Waals surface area contributed by atoms with Crippen molar-refractivity contribution in [2.24, 2.45) is 5.84 Å². The van der Waals surface area contributed by atoms with Crippen molar-refractivity contribution in [1.82, 2.24) is 5.43 Å². The van der Waals surface area contributed by atoms with Crippen LogP contribution in [0.25, 0.3) is 0 Å². The number of hydrazine groups is 1. The van der Waals surface area contributed by atoms with Crippen LogP contribution in [0.5, 0.6) is 0 Å². The molecular weight excluding hydrogens is 172 g/mol. The quantitative estimate of drug-likeness (QED) is 0.541. The van der Waals surface area contributed by atoms with E-state index < -0.39 is 0 Å². The molecule has 0 aliphatic carbocycles. The van der Waals surface area contributed by atoms with Crippen LogP contribution in [0.2, 0.25) is 0 Å². The molecule has 3 nitrogen and oxygen atoms in total. The Morgan fingerprint density at radius 1 is 1.75 bits per heavy atom. The van der Waals surface area contributed by atoms with Crippen LogP contribution in [0.15, 0.2) is 23.0 Å². The molecule has 0 radical (unpaired) electrons. The Labute approximate surface area is 76.7 Å². The highest BCUT2D eigenvalue weighted by atomic mass is 32.2. The lowest BCUT2D eigenvalue weighted by atomic mass is 10.1. The second kappa shape index (κ2) is 5.24. The van der Waals surface area contributed by atoms with Gasteiger partial charge in [0.1, 0.15) is 0 Å². The molecule has 0 aliphatic heterocycles. The van der Waals surface area contributed by atoms with Crippen LogP contribution in [0.1, 0.15) is 18.0 Å². The molecule has 1 unspecified atom stereocenters. The predicted octanol–water partition coefficient (Wildman–Crippen LogP) is 1.54. The van der Waals surface area contributed by atoms with Gasteiger partial charge < -0.3 is 4.42 Å². The van der Waals surface area contributed by atoms with Crippen LogP contribution in [-0.4, -0.2) is 12.0 Å². The van der Waals surface area contributed by atoms with Crippen molar-refractivity contribution in [2.75, 3.05) is 12.0 Å². The first kappa shape index (κ1) is 9.64. The smallest absolute Gasteiger partial charge is 0.0950 e. The van der Waals surface area contributed by atoms with Crippen LogP contribution >= 0.6 is 11.8 Å². The molecule has 3 N–H and O–H groups in total. The Morgan fingerprint density at radius 3 is 3.08 bits per heavy atom. The van der Waals surface area contributed by atoms with Gasteiger partial charge >= 0.3 is 0 Å². The Hall–Kier alpha value is -0.450. The van der Waals surface area contributed by atoms with Gasteiger partial charge in [0.05, 0.1) is 12.5 Å². The summed E-state index contributed by atoms with van der Waals surface area (Å²) in [7, 11) is 0. The van der Waals surface area contributed by atoms with Gasteiger partial charge in [-0.1, -0.05) is 0 Å². The van der Waals surface area contributed by atoms with E-state index in [1.54, 1.807) is 12.5 Å². The summed E-state index contributed by atoms with van der Waals surface area (Å²) in [5, 5.41) is 0. The molecule has 0 aromatic carbocycles. The van der Waals surface area contributed by atoms with Crippen molar-refractivity contribution in [3.8, 4) is 0 Å². The van der Waals surface area contributed by atoms with E-state index >= 15 is 0 Å². The van der Waals surface area contributed by atoms with Gasteiger partial charge in [-0.3, -0.25) is 11.3 Å². The van der Waals surface area contributed by atoms with Crippen molar-refractivity contribution in [1.29, 1.82) is 0 Å². The first-order valence-corrected chi connectivity index (χ1v) is 5.25. The standard InChI is InChI=1S/C8H14N2OS/c1-12-5-3-8(10-9)7-2-4-11-6-7/h2,4,6,8,10H,3,5,9H2,1H3. The molecule has 0 saturated heterocycles. The molecule has 1 atom stereocenters. The van der Waals surface area contributed by atoms with Crippen molar-refractivity contribution >= 4 is 11.8 Å². The Bertz CT molecular complexity index is 201. The highest BCUT2D eigenvalue weighted by Gasteiger charge is 2.09. The molecule has 1 aromatic rings. The van der Waals surface area contributed by atoms with Gasteiger partial charge in [-0.25, -0.2) is 0 Å². The summed E-state index contributed by atoms with van der Waals surface area (Å²) in [4.78, 5) is 0. The SMILES string of the molecule is CSCCC(NN)c1ccoc1. The molecule has 0 fully saturated rings. The highest BCUT2D eigenvalue weighted by Crippen LogP contribution is 2.17. The lowest BCUT2D eigenvalue weighted by Gasteiger charge is -2.12. The van der Waals surface area contributed by atoms with Gasteiger partial charge in [-0.05, 0) is 24.5 Å². The first-order chi connectivity index (χ1) is 5.88. The molecular formula is C8H14N2OS. The van der Waals surface area contributed by atoms with E-state index in [1.165, 1.54) is 0 Å². The molecule has 0 bridgehead atoms. The number of furan rings is 1. The lowest BCUT2D eigenvalue weighted by Crippen LogP contribution is -2.28. The Kier molecular flexibility index (Phi) is 4.21. The average molecular weight is 186 g/mol. The van der Waals surface area contributed by atoms with E-state index in [1.807, 2.05) is 17.8 Å². The zero-order valence-electron chi connectivity index (χ0n) is 7.12. The number of rotatable bonds is 5. The van der Waals surface area contributed by atoms with Crippen LogP contribution < -0.4 is 11.3 Å². The van der Waals surface area contributed by atoms with E-state index in [0.717, 1.165) is 17.7 Å². The number of nitrogens with one attached hydrogen (secondary N) is 1. The summed E-state index contributed by atoms with van der Waals surface area (Å²) in [6, 6.07) is 2.15. The van der Waals surface area contributed by atoms with Crippen LogP contribution in [-0.2, 0) is 0 Å². The summed E-state index contributed by atoms with van der Waals surface area (Å²) >= 11 is 1.82. The predicted molar refractivity (Wildman–Crippen MR) is 51.8 cm³/mol. The first-order valence-electron chi connectivity index (χ1n) is 3.85. The molecule has 0 saturated carbocycles. The maximum Gasteiger partial charge on any atom is 0.0950 e. The van der Waals surface area contributed by atoms with Crippen LogP contribution in [0, 0.1) is 0 Å². The van der Waals surface area contributed by atoms with Crippen molar-refractivity contribution in [3.05, 3.63) is 24.2 Å². The summed E-state index contributed by atoms with van der Waals surface area (Å²) in [6.07, 6.45) is 6.50. The summed E-state index contributed by atoms with van der Waals surface area (Å²) < 4.78 is 4.97. The highest BCUT2D eigenvalue weighted by molar-refractivity contribution is 7.98. The minimum atomic E-state index is 0.219. The number of hydrogen-bond acceptors (Lipinski definition) is 4. The molecule has 68 valence electrons. The minimum absolute atomic E-state index is 0.219. The third kappa shape index (κ3) is 2.55. The largest absolute Gasteiger partial charge is 0.472 e. The van der Waals surface area contributed by atoms with Gasteiger partial charge in [0.2, 0.25) is 0 Å². The molecule has 12 heavy (non-hydrogen) atoms. The summed E-state index contributed by atoms with van der Waals surface area (Å²) in [5.41, 5.74) is 3.88. The third-order valence-electron chi connectivity index (χ3n) is 1.76. The van der Waals surface area contributed by atoms with Crippen molar-refractivity contribution in [2.45, 2.75) is 12.5 Å². The normalized spacial score (nSPS) is 13.2. The topological polar surface area (TPSA) is 51.2 Å². The zero-order valence-corrected chi connectivity index (χ0v) is 7.93. The van der Waals surface area contributed by atoms with E-state index in [9.17, 15) is 0 Å². The van der Waals surface area contributed by atoms with E-state index in [4.69, 9.17) is 10.3 Å². The van der Waals surface area contributed by atoms with Gasteiger partial charge in [0.25, 0.3) is 0 Å². The van der Waals surface area contributed by atoms with E-state index in [-0.39, 0.29) is 6.04 Å². The number of hydrogen-bond donors (Lipinski definition) is 2. The fourth-order valence-electron chi connectivity index (χ4n) is 1.06. The molecule has 0 amide bonds. The maximum absolute atomic E-state index is 5.40. The van der Waals surface area contributed by atoms with Gasteiger partial charge in [-0.2, -0.15) is 11.8 Å². The fraction of sp³-hybridized carbons (Fsp3) is 0.500. The fourth-order valence-corrected chi connectivity index (χ4v) is 1.53. The van der Waals surface area contributed by atoms with Crippen molar-refractivity contribution in [3.63, 3.8) is 0 Å². The number of nitrogens with two attached hydrogens (primary N) is 1. The second-order valence-corrected chi connectivity index (χ2v) is 3.54. The average Bonchev–Trinajstić information content (AvgIpc) is 2.59. The lowest BCUT2D eigenvalue weighted by molar-refractivity contribution is 0.520. The van der Waals surface area contributed by atoms with E-state index in [0.29, 0.717) is 0 Å². The summed E-state index contributed by atoms with van der Waals surface area (Å²) in [6.45, 7) is 0. The molecule has 1 rings (SSSR count). The monoisotopic (exact) mass is 186 g/mol. The molecule has 0 spiro atoms. The van der Waals surface area contributed by atoms with Gasteiger partial charge in [0.15, 0.2) is 0 Å². The summed E-state index contributed by atoms with van der Waals surface area (Å²) in [5.74, 6) is 6.50. The Balaban J connectivity index is 2.45.